The van der Waals surface area contributed by atoms with Crippen LogP contribution in [0.15, 0.2) is 17.7 Å². The van der Waals surface area contributed by atoms with E-state index in [9.17, 15) is 4.79 Å². The number of aromatic nitrogens is 1. The second-order valence-corrected chi connectivity index (χ2v) is 4.43. The Balaban J connectivity index is 2.18. The number of hydrogen-bond donors (Lipinski definition) is 0. The van der Waals surface area contributed by atoms with Crippen molar-refractivity contribution in [1.82, 2.24) is 4.98 Å². The Morgan fingerprint density at radius 1 is 1.59 bits per heavy atom. The zero-order valence-electron chi connectivity index (χ0n) is 10.2. The molecular formula is C12H17NO3S. The SMILES string of the molecule is C=C(COCCc1scnc1C)C(=O)OCC. The highest BCUT2D eigenvalue weighted by molar-refractivity contribution is 7.09. The first-order valence-electron chi connectivity index (χ1n) is 5.46. The van der Waals surface area contributed by atoms with Gasteiger partial charge in [-0.3, -0.25) is 0 Å². The van der Waals surface area contributed by atoms with Crippen LogP contribution in [0.4, 0.5) is 0 Å². The highest BCUT2D eigenvalue weighted by atomic mass is 32.1. The van der Waals surface area contributed by atoms with E-state index < -0.39 is 0 Å². The third-order valence-electron chi connectivity index (χ3n) is 2.16. The standard InChI is InChI=1S/C12H17NO3S/c1-4-16-12(14)9(2)7-15-6-5-11-10(3)13-8-17-11/h8H,2,4-7H2,1,3H3. The van der Waals surface area contributed by atoms with E-state index in [-0.39, 0.29) is 12.6 Å². The molecular weight excluding hydrogens is 238 g/mol. The van der Waals surface area contributed by atoms with Gasteiger partial charge in [-0.05, 0) is 13.8 Å². The molecule has 94 valence electrons. The molecule has 0 aromatic carbocycles. The lowest BCUT2D eigenvalue weighted by atomic mass is 10.3. The molecule has 0 spiro atoms. The lowest BCUT2D eigenvalue weighted by Crippen LogP contribution is -2.12. The van der Waals surface area contributed by atoms with Crippen molar-refractivity contribution in [3.8, 4) is 0 Å². The van der Waals surface area contributed by atoms with E-state index in [4.69, 9.17) is 9.47 Å². The first kappa shape index (κ1) is 13.9. The third-order valence-corrected chi connectivity index (χ3v) is 3.15. The topological polar surface area (TPSA) is 48.4 Å². The molecule has 1 heterocycles. The van der Waals surface area contributed by atoms with Gasteiger partial charge < -0.3 is 9.47 Å². The molecule has 0 bridgehead atoms. The summed E-state index contributed by atoms with van der Waals surface area (Å²) < 4.78 is 10.2. The van der Waals surface area contributed by atoms with Crippen LogP contribution in [0.5, 0.6) is 0 Å². The molecule has 0 aliphatic heterocycles. The first-order valence-corrected chi connectivity index (χ1v) is 6.34. The van der Waals surface area contributed by atoms with Gasteiger partial charge in [-0.15, -0.1) is 11.3 Å². The summed E-state index contributed by atoms with van der Waals surface area (Å²) in [7, 11) is 0. The van der Waals surface area contributed by atoms with Gasteiger partial charge in [0.15, 0.2) is 0 Å². The molecule has 0 amide bonds. The summed E-state index contributed by atoms with van der Waals surface area (Å²) in [4.78, 5) is 16.6. The number of ether oxygens (including phenoxy) is 2. The zero-order valence-corrected chi connectivity index (χ0v) is 11.0. The molecule has 1 rings (SSSR count). The van der Waals surface area contributed by atoms with Crippen molar-refractivity contribution in [3.63, 3.8) is 0 Å². The number of thiazole rings is 1. The van der Waals surface area contributed by atoms with Crippen LogP contribution in [0.2, 0.25) is 0 Å². The van der Waals surface area contributed by atoms with Crippen molar-refractivity contribution < 1.29 is 14.3 Å². The normalized spacial score (nSPS) is 10.2. The fourth-order valence-electron chi connectivity index (χ4n) is 1.22. The number of carbonyl (C=O) groups excluding carboxylic acids is 1. The van der Waals surface area contributed by atoms with E-state index in [0.29, 0.717) is 18.8 Å². The van der Waals surface area contributed by atoms with Crippen molar-refractivity contribution in [3.05, 3.63) is 28.2 Å². The van der Waals surface area contributed by atoms with Gasteiger partial charge in [-0.25, -0.2) is 9.78 Å². The highest BCUT2D eigenvalue weighted by Gasteiger charge is 2.07. The summed E-state index contributed by atoms with van der Waals surface area (Å²) in [6.45, 7) is 8.49. The Hall–Kier alpha value is -1.20. The van der Waals surface area contributed by atoms with Gasteiger partial charge in [-0.2, -0.15) is 0 Å². The minimum Gasteiger partial charge on any atom is -0.463 e. The highest BCUT2D eigenvalue weighted by Crippen LogP contribution is 2.12. The molecule has 0 N–H and O–H groups in total. The predicted molar refractivity (Wildman–Crippen MR) is 67.1 cm³/mol. The van der Waals surface area contributed by atoms with Crippen molar-refractivity contribution in [2.24, 2.45) is 0 Å². The predicted octanol–water partition coefficient (Wildman–Crippen LogP) is 2.13. The van der Waals surface area contributed by atoms with Crippen molar-refractivity contribution >= 4 is 17.3 Å². The summed E-state index contributed by atoms with van der Waals surface area (Å²) in [5.41, 5.74) is 3.22. The molecule has 4 nitrogen and oxygen atoms in total. The summed E-state index contributed by atoms with van der Waals surface area (Å²) in [6, 6.07) is 0. The van der Waals surface area contributed by atoms with E-state index in [0.717, 1.165) is 12.1 Å². The molecule has 0 saturated heterocycles. The second-order valence-electron chi connectivity index (χ2n) is 3.49. The number of rotatable bonds is 7. The maximum atomic E-state index is 11.2. The maximum absolute atomic E-state index is 11.2. The Kier molecular flexibility index (Phi) is 5.86. The molecule has 0 fully saturated rings. The average Bonchev–Trinajstić information content (AvgIpc) is 2.70. The van der Waals surface area contributed by atoms with E-state index >= 15 is 0 Å². The molecule has 1 aromatic rings. The van der Waals surface area contributed by atoms with Crippen LogP contribution in [0, 0.1) is 6.92 Å². The number of hydrogen-bond acceptors (Lipinski definition) is 5. The Morgan fingerprint density at radius 3 is 2.94 bits per heavy atom. The summed E-state index contributed by atoms with van der Waals surface area (Å²) in [5.74, 6) is -0.388. The van der Waals surface area contributed by atoms with Gasteiger partial charge >= 0.3 is 5.97 Å². The van der Waals surface area contributed by atoms with Crippen LogP contribution in [-0.4, -0.2) is 30.8 Å². The second kappa shape index (κ2) is 7.19. The molecule has 0 aliphatic rings. The van der Waals surface area contributed by atoms with Crippen LogP contribution < -0.4 is 0 Å². The molecule has 1 aromatic heterocycles. The van der Waals surface area contributed by atoms with E-state index in [1.165, 1.54) is 4.88 Å². The van der Waals surface area contributed by atoms with Crippen LogP contribution in [0.1, 0.15) is 17.5 Å². The summed E-state index contributed by atoms with van der Waals surface area (Å²) in [5, 5.41) is 0. The summed E-state index contributed by atoms with van der Waals surface area (Å²) >= 11 is 1.62. The maximum Gasteiger partial charge on any atom is 0.335 e. The van der Waals surface area contributed by atoms with Gasteiger partial charge in [0, 0.05) is 11.3 Å². The fourth-order valence-corrected chi connectivity index (χ4v) is 1.98. The smallest absolute Gasteiger partial charge is 0.335 e. The minimum atomic E-state index is -0.388. The van der Waals surface area contributed by atoms with Gasteiger partial charge in [0.2, 0.25) is 0 Å². The van der Waals surface area contributed by atoms with Crippen molar-refractivity contribution in [1.29, 1.82) is 0 Å². The molecule has 0 radical (unpaired) electrons. The van der Waals surface area contributed by atoms with E-state index in [1.807, 2.05) is 12.4 Å². The minimum absolute atomic E-state index is 0.219. The molecule has 5 heteroatoms. The number of carbonyl (C=O) groups is 1. The van der Waals surface area contributed by atoms with Gasteiger partial charge in [-0.1, -0.05) is 6.58 Å². The number of esters is 1. The Morgan fingerprint density at radius 2 is 2.35 bits per heavy atom. The van der Waals surface area contributed by atoms with Gasteiger partial charge in [0.25, 0.3) is 0 Å². The zero-order chi connectivity index (χ0) is 12.7. The molecule has 0 unspecified atom stereocenters. The van der Waals surface area contributed by atoms with Crippen LogP contribution in [-0.2, 0) is 20.7 Å². The monoisotopic (exact) mass is 255 g/mol. The van der Waals surface area contributed by atoms with Gasteiger partial charge in [0.1, 0.15) is 0 Å². The first-order chi connectivity index (χ1) is 8.15. The van der Waals surface area contributed by atoms with Crippen LogP contribution in [0.3, 0.4) is 0 Å². The largest absolute Gasteiger partial charge is 0.463 e. The Bertz CT molecular complexity index is 387. The van der Waals surface area contributed by atoms with Crippen molar-refractivity contribution in [2.75, 3.05) is 19.8 Å². The number of nitrogens with zero attached hydrogens (tertiary/aromatic N) is 1. The number of aryl methyl sites for hydroxylation is 1. The average molecular weight is 255 g/mol. The fraction of sp³-hybridized carbons (Fsp3) is 0.500. The lowest BCUT2D eigenvalue weighted by Gasteiger charge is -2.06. The van der Waals surface area contributed by atoms with Crippen LogP contribution in [0.25, 0.3) is 0 Å². The van der Waals surface area contributed by atoms with Crippen LogP contribution >= 0.6 is 11.3 Å². The molecule has 0 saturated carbocycles. The molecule has 0 atom stereocenters. The molecule has 17 heavy (non-hydrogen) atoms. The molecule has 0 aliphatic carbocycles. The lowest BCUT2D eigenvalue weighted by molar-refractivity contribution is -0.139. The van der Waals surface area contributed by atoms with Gasteiger partial charge in [0.05, 0.1) is 36.6 Å². The third kappa shape index (κ3) is 4.66. The summed E-state index contributed by atoms with van der Waals surface area (Å²) in [6.07, 6.45) is 0.812. The quantitative estimate of drug-likeness (QED) is 0.425. The van der Waals surface area contributed by atoms with E-state index in [2.05, 4.69) is 11.6 Å². The Labute approximate surface area is 105 Å². The van der Waals surface area contributed by atoms with Crippen molar-refractivity contribution in [2.45, 2.75) is 20.3 Å². The van der Waals surface area contributed by atoms with E-state index in [1.54, 1.807) is 18.3 Å².